The molecule has 0 aromatic carbocycles. The molecule has 1 rings (SSSR count). The molecule has 3 nitrogen and oxygen atoms in total. The number of nitriles is 1. The van der Waals surface area contributed by atoms with E-state index < -0.39 is 22.8 Å². The maximum Gasteiger partial charge on any atom is 0.264 e. The van der Waals surface area contributed by atoms with Gasteiger partial charge in [0.25, 0.3) is 11.7 Å². The smallest absolute Gasteiger partial charge is 0.264 e. The predicted molar refractivity (Wildman–Crippen MR) is 51.8 cm³/mol. The highest BCUT2D eigenvalue weighted by Crippen LogP contribution is 2.29. The van der Waals surface area contributed by atoms with Crippen LogP contribution in [-0.2, 0) is 0 Å². The minimum atomic E-state index is -2.89. The molecule has 78 valence electrons. The van der Waals surface area contributed by atoms with E-state index in [0.29, 0.717) is 0 Å². The fourth-order valence-electron chi connectivity index (χ4n) is 0.956. The van der Waals surface area contributed by atoms with Crippen LogP contribution in [0.2, 0.25) is 0 Å². The minimum absolute atomic E-state index is 0.156. The van der Waals surface area contributed by atoms with Crippen LogP contribution in [0.15, 0.2) is 10.7 Å². The molecule has 0 unspecified atom stereocenters. The van der Waals surface area contributed by atoms with Crippen molar-refractivity contribution in [1.82, 2.24) is 4.98 Å². The summed E-state index contributed by atoms with van der Waals surface area (Å²) in [6.07, 6.45) is -2.89. The van der Waals surface area contributed by atoms with Crippen LogP contribution in [-0.4, -0.2) is 10.2 Å². The molecule has 1 aromatic heterocycles. The van der Waals surface area contributed by atoms with Gasteiger partial charge in [-0.15, -0.1) is 0 Å². The monoisotopic (exact) mass is 294 g/mol. The SMILES string of the molecule is N#Cc1cc(C(F)F)c(C(=O)Cl)c(Br)n1. The van der Waals surface area contributed by atoms with Crippen molar-refractivity contribution in [3.63, 3.8) is 0 Å². The Bertz CT molecular complexity index is 459. The molecule has 0 N–H and O–H groups in total. The lowest BCUT2D eigenvalue weighted by atomic mass is 10.1. The van der Waals surface area contributed by atoms with E-state index in [-0.39, 0.29) is 10.3 Å². The first-order valence-electron chi connectivity index (χ1n) is 3.56. The summed E-state index contributed by atoms with van der Waals surface area (Å²) in [6.45, 7) is 0. The highest BCUT2D eigenvalue weighted by Gasteiger charge is 2.22. The Labute approximate surface area is 96.8 Å². The van der Waals surface area contributed by atoms with Crippen LogP contribution in [0.25, 0.3) is 0 Å². The number of carbonyl (C=O) groups excluding carboxylic acids is 1. The first-order chi connectivity index (χ1) is 6.97. The number of rotatable bonds is 2. The summed E-state index contributed by atoms with van der Waals surface area (Å²) in [4.78, 5) is 14.4. The largest absolute Gasteiger partial charge is 0.275 e. The molecule has 7 heteroatoms. The van der Waals surface area contributed by atoms with Crippen molar-refractivity contribution in [2.45, 2.75) is 6.43 Å². The minimum Gasteiger partial charge on any atom is -0.275 e. The predicted octanol–water partition coefficient (Wildman–Crippen LogP) is 3.03. The van der Waals surface area contributed by atoms with Gasteiger partial charge in [-0.3, -0.25) is 4.79 Å². The molecular weight excluding hydrogens is 293 g/mol. The lowest BCUT2D eigenvalue weighted by molar-refractivity contribution is 0.106. The number of hydrogen-bond donors (Lipinski definition) is 0. The molecule has 0 radical (unpaired) electrons. The number of nitrogens with zero attached hydrogens (tertiary/aromatic N) is 2. The van der Waals surface area contributed by atoms with E-state index in [1.165, 1.54) is 0 Å². The quantitative estimate of drug-likeness (QED) is 0.622. The van der Waals surface area contributed by atoms with E-state index in [1.807, 2.05) is 0 Å². The molecule has 15 heavy (non-hydrogen) atoms. The maximum absolute atomic E-state index is 12.5. The van der Waals surface area contributed by atoms with Crippen LogP contribution < -0.4 is 0 Å². The van der Waals surface area contributed by atoms with E-state index in [0.717, 1.165) is 6.07 Å². The highest BCUT2D eigenvalue weighted by molar-refractivity contribution is 9.10. The van der Waals surface area contributed by atoms with E-state index in [2.05, 4.69) is 20.9 Å². The summed E-state index contributed by atoms with van der Waals surface area (Å²) in [6, 6.07) is 2.44. The summed E-state index contributed by atoms with van der Waals surface area (Å²) >= 11 is 7.93. The van der Waals surface area contributed by atoms with Crippen molar-refractivity contribution >= 4 is 32.8 Å². The van der Waals surface area contributed by atoms with E-state index in [4.69, 9.17) is 16.9 Å². The van der Waals surface area contributed by atoms with Crippen molar-refractivity contribution in [2.75, 3.05) is 0 Å². The van der Waals surface area contributed by atoms with Gasteiger partial charge in [-0.25, -0.2) is 13.8 Å². The lowest BCUT2D eigenvalue weighted by Crippen LogP contribution is -2.03. The number of pyridine rings is 1. The van der Waals surface area contributed by atoms with Gasteiger partial charge in [0.05, 0.1) is 5.56 Å². The zero-order valence-electron chi connectivity index (χ0n) is 6.97. The Morgan fingerprint density at radius 2 is 2.27 bits per heavy atom. The van der Waals surface area contributed by atoms with Gasteiger partial charge in [-0.2, -0.15) is 5.26 Å². The van der Waals surface area contributed by atoms with E-state index in [1.54, 1.807) is 6.07 Å². The summed E-state index contributed by atoms with van der Waals surface area (Å²) in [5, 5.41) is 7.45. The average molecular weight is 295 g/mol. The van der Waals surface area contributed by atoms with Gasteiger partial charge in [0.1, 0.15) is 16.4 Å². The third-order valence-corrected chi connectivity index (χ3v) is 2.31. The Balaban J connectivity index is 3.51. The van der Waals surface area contributed by atoms with Crippen molar-refractivity contribution in [3.8, 4) is 6.07 Å². The Morgan fingerprint density at radius 1 is 1.67 bits per heavy atom. The maximum atomic E-state index is 12.5. The first kappa shape index (κ1) is 12.0. The zero-order chi connectivity index (χ0) is 11.6. The zero-order valence-corrected chi connectivity index (χ0v) is 9.31. The second-order valence-electron chi connectivity index (χ2n) is 2.45. The third kappa shape index (κ3) is 2.49. The van der Waals surface area contributed by atoms with E-state index in [9.17, 15) is 13.6 Å². The first-order valence-corrected chi connectivity index (χ1v) is 4.73. The molecular formula is C8H2BrClF2N2O. The Kier molecular flexibility index (Phi) is 3.72. The molecule has 0 aliphatic carbocycles. The lowest BCUT2D eigenvalue weighted by Gasteiger charge is -2.06. The number of hydrogen-bond acceptors (Lipinski definition) is 3. The fourth-order valence-corrected chi connectivity index (χ4v) is 1.87. The van der Waals surface area contributed by atoms with Crippen LogP contribution in [0.1, 0.15) is 28.0 Å². The molecule has 0 aliphatic heterocycles. The van der Waals surface area contributed by atoms with Crippen molar-refractivity contribution in [3.05, 3.63) is 27.5 Å². The molecule has 0 aliphatic rings. The second kappa shape index (κ2) is 4.64. The number of alkyl halides is 2. The van der Waals surface area contributed by atoms with Gasteiger partial charge >= 0.3 is 0 Å². The third-order valence-electron chi connectivity index (χ3n) is 1.55. The van der Waals surface area contributed by atoms with Crippen molar-refractivity contribution in [1.29, 1.82) is 5.26 Å². The molecule has 0 spiro atoms. The summed E-state index contributed by atoms with van der Waals surface area (Å²) in [5.41, 5.74) is -1.22. The molecule has 0 saturated heterocycles. The van der Waals surface area contributed by atoms with Gasteiger partial charge in [0, 0.05) is 5.56 Å². The Hall–Kier alpha value is -1.06. The second-order valence-corrected chi connectivity index (χ2v) is 3.54. The van der Waals surface area contributed by atoms with Crippen LogP contribution in [0.5, 0.6) is 0 Å². The molecule has 0 atom stereocenters. The van der Waals surface area contributed by atoms with Crippen LogP contribution in [0, 0.1) is 11.3 Å². The van der Waals surface area contributed by atoms with Gasteiger partial charge in [0.15, 0.2) is 0 Å². The summed E-state index contributed by atoms with van der Waals surface area (Å²) in [7, 11) is 0. The normalized spacial score (nSPS) is 10.1. The standard InChI is InChI=1S/C8H2BrClF2N2O/c9-6-5(7(10)15)4(8(11)12)1-3(2-13)14-6/h1,8H. The van der Waals surface area contributed by atoms with Gasteiger partial charge in [-0.05, 0) is 33.6 Å². The summed E-state index contributed by atoms with van der Waals surface area (Å²) in [5.74, 6) is 0. The van der Waals surface area contributed by atoms with Gasteiger partial charge < -0.3 is 0 Å². The molecule has 1 heterocycles. The van der Waals surface area contributed by atoms with Crippen LogP contribution in [0.4, 0.5) is 8.78 Å². The molecule has 0 fully saturated rings. The number of carbonyl (C=O) groups is 1. The van der Waals surface area contributed by atoms with Gasteiger partial charge in [-0.1, -0.05) is 0 Å². The highest BCUT2D eigenvalue weighted by atomic mass is 79.9. The average Bonchev–Trinajstić information content (AvgIpc) is 2.15. The summed E-state index contributed by atoms with van der Waals surface area (Å²) < 4.78 is 24.9. The van der Waals surface area contributed by atoms with Crippen molar-refractivity contribution in [2.24, 2.45) is 0 Å². The van der Waals surface area contributed by atoms with Crippen LogP contribution in [0.3, 0.4) is 0 Å². The molecule has 0 bridgehead atoms. The number of halogens is 4. The fraction of sp³-hybridized carbons (Fsp3) is 0.125. The molecule has 0 amide bonds. The Morgan fingerprint density at radius 3 is 2.67 bits per heavy atom. The molecule has 0 saturated carbocycles. The number of aromatic nitrogens is 1. The van der Waals surface area contributed by atoms with Crippen LogP contribution >= 0.6 is 27.5 Å². The van der Waals surface area contributed by atoms with Gasteiger partial charge in [0.2, 0.25) is 0 Å². The molecule has 1 aromatic rings. The topological polar surface area (TPSA) is 53.8 Å². The van der Waals surface area contributed by atoms with Crippen molar-refractivity contribution < 1.29 is 13.6 Å². The van der Waals surface area contributed by atoms with E-state index >= 15 is 0 Å².